The van der Waals surface area contributed by atoms with Crippen molar-refractivity contribution < 1.29 is 17.6 Å². The molecule has 0 radical (unpaired) electrons. The molecular formula is C16H17FN2O3S2. The molecule has 1 unspecified atom stereocenters. The van der Waals surface area contributed by atoms with E-state index in [-0.39, 0.29) is 16.4 Å². The Kier molecular flexibility index (Phi) is 4.98. The van der Waals surface area contributed by atoms with Gasteiger partial charge in [0.15, 0.2) is 0 Å². The van der Waals surface area contributed by atoms with Crippen molar-refractivity contribution in [2.45, 2.75) is 29.5 Å². The highest BCUT2D eigenvalue weighted by Crippen LogP contribution is 2.28. The Morgan fingerprint density at radius 3 is 2.71 bits per heavy atom. The molecule has 0 saturated carbocycles. The number of nitrogens with one attached hydrogen (secondary N) is 1. The topological polar surface area (TPSA) is 66.5 Å². The number of sulfonamides is 1. The van der Waals surface area contributed by atoms with E-state index in [1.54, 1.807) is 17.5 Å². The van der Waals surface area contributed by atoms with Crippen molar-refractivity contribution in [2.24, 2.45) is 0 Å². The smallest absolute Gasteiger partial charge is 0.253 e. The van der Waals surface area contributed by atoms with Gasteiger partial charge in [0, 0.05) is 6.54 Å². The highest BCUT2D eigenvalue weighted by molar-refractivity contribution is 7.91. The first-order valence-electron chi connectivity index (χ1n) is 7.61. The highest BCUT2D eigenvalue weighted by atomic mass is 32.2. The molecule has 0 spiro atoms. The number of hydrogen-bond donors (Lipinski definition) is 1. The van der Waals surface area contributed by atoms with Crippen molar-refractivity contribution in [2.75, 3.05) is 11.9 Å². The van der Waals surface area contributed by atoms with Gasteiger partial charge in [-0.25, -0.2) is 12.8 Å². The molecule has 1 aliphatic heterocycles. The van der Waals surface area contributed by atoms with Gasteiger partial charge in [0.1, 0.15) is 16.1 Å². The Labute approximate surface area is 144 Å². The maximum absolute atomic E-state index is 13.7. The summed E-state index contributed by atoms with van der Waals surface area (Å²) in [4.78, 5) is 12.6. The number of piperidine rings is 1. The van der Waals surface area contributed by atoms with Gasteiger partial charge in [-0.2, -0.15) is 4.31 Å². The minimum Gasteiger partial charge on any atom is -0.322 e. The second-order valence-corrected chi connectivity index (χ2v) is 8.59. The van der Waals surface area contributed by atoms with E-state index in [4.69, 9.17) is 0 Å². The number of para-hydroxylation sites is 1. The molecular weight excluding hydrogens is 351 g/mol. The molecule has 0 aliphatic carbocycles. The lowest BCUT2D eigenvalue weighted by Gasteiger charge is -2.33. The number of anilines is 1. The quantitative estimate of drug-likeness (QED) is 0.902. The van der Waals surface area contributed by atoms with Gasteiger partial charge in [-0.15, -0.1) is 11.3 Å². The molecule has 5 nitrogen and oxygen atoms in total. The molecule has 2 heterocycles. The van der Waals surface area contributed by atoms with E-state index in [1.165, 1.54) is 28.6 Å². The van der Waals surface area contributed by atoms with Gasteiger partial charge in [-0.1, -0.05) is 24.6 Å². The summed E-state index contributed by atoms with van der Waals surface area (Å²) in [5, 5.41) is 4.20. The number of amides is 1. The highest BCUT2D eigenvalue weighted by Gasteiger charge is 2.38. The van der Waals surface area contributed by atoms with E-state index >= 15 is 0 Å². The molecule has 8 heteroatoms. The van der Waals surface area contributed by atoms with Gasteiger partial charge >= 0.3 is 0 Å². The van der Waals surface area contributed by atoms with E-state index in [0.717, 1.165) is 17.8 Å². The van der Waals surface area contributed by atoms with Crippen molar-refractivity contribution >= 4 is 33.0 Å². The van der Waals surface area contributed by atoms with Crippen LogP contribution in [0.2, 0.25) is 0 Å². The Hall–Kier alpha value is -1.77. The van der Waals surface area contributed by atoms with Crippen LogP contribution in [-0.4, -0.2) is 31.2 Å². The van der Waals surface area contributed by atoms with E-state index in [1.807, 2.05) is 0 Å². The minimum atomic E-state index is -3.72. The van der Waals surface area contributed by atoms with Crippen LogP contribution < -0.4 is 5.32 Å². The van der Waals surface area contributed by atoms with E-state index in [9.17, 15) is 17.6 Å². The molecule has 2 aromatic rings. The number of nitrogens with zero attached hydrogens (tertiary/aromatic N) is 1. The van der Waals surface area contributed by atoms with Crippen LogP contribution in [0.1, 0.15) is 19.3 Å². The first-order valence-corrected chi connectivity index (χ1v) is 9.93. The number of hydrogen-bond acceptors (Lipinski definition) is 4. The predicted molar refractivity (Wildman–Crippen MR) is 90.9 cm³/mol. The predicted octanol–water partition coefficient (Wildman–Crippen LogP) is 3.07. The molecule has 1 N–H and O–H groups in total. The van der Waals surface area contributed by atoms with Gasteiger partial charge < -0.3 is 5.32 Å². The lowest BCUT2D eigenvalue weighted by atomic mass is 10.0. The molecule has 128 valence electrons. The van der Waals surface area contributed by atoms with Gasteiger partial charge in [0.05, 0.1) is 5.69 Å². The number of thiophene rings is 1. The van der Waals surface area contributed by atoms with Gasteiger partial charge in [-0.3, -0.25) is 4.79 Å². The Morgan fingerprint density at radius 2 is 2.00 bits per heavy atom. The molecule has 1 amide bonds. The zero-order chi connectivity index (χ0) is 17.2. The Balaban J connectivity index is 1.85. The summed E-state index contributed by atoms with van der Waals surface area (Å²) in [5.41, 5.74) is 0.0570. The molecule has 1 atom stereocenters. The summed E-state index contributed by atoms with van der Waals surface area (Å²) >= 11 is 1.12. The number of carbonyl (C=O) groups excluding carboxylic acids is 1. The third-order valence-electron chi connectivity index (χ3n) is 3.95. The summed E-state index contributed by atoms with van der Waals surface area (Å²) in [6.07, 6.45) is 1.88. The molecule has 0 bridgehead atoms. The van der Waals surface area contributed by atoms with Crippen molar-refractivity contribution in [3.8, 4) is 0 Å². The number of halogens is 1. The fraction of sp³-hybridized carbons (Fsp3) is 0.312. The van der Waals surface area contributed by atoms with Crippen molar-refractivity contribution in [3.05, 3.63) is 47.6 Å². The lowest BCUT2D eigenvalue weighted by molar-refractivity contribution is -0.120. The first-order chi connectivity index (χ1) is 11.5. The monoisotopic (exact) mass is 368 g/mol. The van der Waals surface area contributed by atoms with Crippen molar-refractivity contribution in [1.29, 1.82) is 0 Å². The number of carbonyl (C=O) groups is 1. The molecule has 1 aliphatic rings. The van der Waals surface area contributed by atoms with Crippen LogP contribution in [0.5, 0.6) is 0 Å². The van der Waals surface area contributed by atoms with E-state index < -0.39 is 27.8 Å². The second-order valence-electron chi connectivity index (χ2n) is 5.53. The van der Waals surface area contributed by atoms with Gasteiger partial charge in [0.2, 0.25) is 5.91 Å². The van der Waals surface area contributed by atoms with Crippen LogP contribution >= 0.6 is 11.3 Å². The Morgan fingerprint density at radius 1 is 1.21 bits per heavy atom. The second kappa shape index (κ2) is 7.00. The van der Waals surface area contributed by atoms with Crippen LogP contribution in [0.3, 0.4) is 0 Å². The standard InChI is InChI=1S/C16H17FN2O3S2/c17-12-6-1-2-7-13(12)18-16(20)14-8-3-4-10-19(14)24(21,22)15-9-5-11-23-15/h1-2,5-7,9,11,14H,3-4,8,10H2,(H,18,20). The molecule has 1 aromatic heterocycles. The van der Waals surface area contributed by atoms with Crippen LogP contribution in [0, 0.1) is 5.82 Å². The number of rotatable bonds is 4. The summed E-state index contributed by atoms with van der Waals surface area (Å²) in [6.45, 7) is 0.287. The molecule has 1 fully saturated rings. The number of benzene rings is 1. The van der Waals surface area contributed by atoms with Crippen molar-refractivity contribution in [3.63, 3.8) is 0 Å². The average molecular weight is 368 g/mol. The zero-order valence-electron chi connectivity index (χ0n) is 12.8. The van der Waals surface area contributed by atoms with E-state index in [2.05, 4.69) is 5.32 Å². The summed E-state index contributed by atoms with van der Waals surface area (Å²) in [5.74, 6) is -1.05. The maximum atomic E-state index is 13.7. The minimum absolute atomic E-state index is 0.0570. The van der Waals surface area contributed by atoms with Crippen LogP contribution in [0.15, 0.2) is 46.0 Å². The van der Waals surface area contributed by atoms with Crippen LogP contribution in [-0.2, 0) is 14.8 Å². The largest absolute Gasteiger partial charge is 0.322 e. The first kappa shape index (κ1) is 17.1. The molecule has 3 rings (SSSR count). The van der Waals surface area contributed by atoms with Crippen LogP contribution in [0.4, 0.5) is 10.1 Å². The van der Waals surface area contributed by atoms with Gasteiger partial charge in [-0.05, 0) is 36.4 Å². The van der Waals surface area contributed by atoms with Gasteiger partial charge in [0.25, 0.3) is 10.0 Å². The average Bonchev–Trinajstić information content (AvgIpc) is 3.12. The maximum Gasteiger partial charge on any atom is 0.253 e. The summed E-state index contributed by atoms with van der Waals surface area (Å²) in [6, 6.07) is 8.20. The van der Waals surface area contributed by atoms with E-state index in [0.29, 0.717) is 12.8 Å². The Bertz CT molecular complexity index is 822. The third-order valence-corrected chi connectivity index (χ3v) is 7.23. The normalized spacial score (nSPS) is 19.1. The summed E-state index contributed by atoms with van der Waals surface area (Å²) in [7, 11) is -3.72. The van der Waals surface area contributed by atoms with Crippen LogP contribution in [0.25, 0.3) is 0 Å². The fourth-order valence-corrected chi connectivity index (χ4v) is 5.54. The molecule has 24 heavy (non-hydrogen) atoms. The van der Waals surface area contributed by atoms with Crippen molar-refractivity contribution in [1.82, 2.24) is 4.31 Å². The zero-order valence-corrected chi connectivity index (χ0v) is 14.4. The third kappa shape index (κ3) is 3.35. The molecule has 1 saturated heterocycles. The molecule has 1 aromatic carbocycles. The fourth-order valence-electron chi connectivity index (χ4n) is 2.76. The SMILES string of the molecule is O=C(Nc1ccccc1F)C1CCCCN1S(=O)(=O)c1cccs1. The summed E-state index contributed by atoms with van der Waals surface area (Å²) < 4.78 is 40.7. The lowest BCUT2D eigenvalue weighted by Crippen LogP contribution is -2.49.